The zero-order chi connectivity index (χ0) is 18.4. The van der Waals surface area contributed by atoms with Gasteiger partial charge in [-0.3, -0.25) is 4.79 Å². The van der Waals surface area contributed by atoms with Gasteiger partial charge < -0.3 is 14.8 Å². The summed E-state index contributed by atoms with van der Waals surface area (Å²) >= 11 is 12.3. The van der Waals surface area contributed by atoms with Crippen molar-refractivity contribution in [3.05, 3.63) is 64.0 Å². The van der Waals surface area contributed by atoms with Crippen LogP contribution in [0.5, 0.6) is 11.5 Å². The Labute approximate surface area is 166 Å². The van der Waals surface area contributed by atoms with Crippen molar-refractivity contribution in [1.29, 1.82) is 0 Å². The van der Waals surface area contributed by atoms with Gasteiger partial charge in [-0.1, -0.05) is 59.8 Å². The van der Waals surface area contributed by atoms with Crippen LogP contribution >= 0.6 is 35.6 Å². The van der Waals surface area contributed by atoms with E-state index in [9.17, 15) is 4.79 Å². The molecular formula is C19H16ClNO3S2. The number of thiocarbonyl (C=S) groups is 1. The molecule has 2 aromatic rings. The highest BCUT2D eigenvalue weighted by Gasteiger charge is 2.21. The van der Waals surface area contributed by atoms with Crippen LogP contribution in [0.25, 0.3) is 6.08 Å². The number of rotatable bonds is 7. The summed E-state index contributed by atoms with van der Waals surface area (Å²) in [5, 5.41) is 3.20. The minimum absolute atomic E-state index is 0.164. The minimum atomic E-state index is -0.164. The normalized spacial score (nSPS) is 15.2. The predicted molar refractivity (Wildman–Crippen MR) is 110 cm³/mol. The first kappa shape index (κ1) is 18.8. The highest BCUT2D eigenvalue weighted by atomic mass is 35.5. The van der Waals surface area contributed by atoms with Crippen molar-refractivity contribution in [2.45, 2.75) is 6.42 Å². The Bertz CT molecular complexity index is 854. The molecule has 0 aromatic heterocycles. The number of benzene rings is 2. The Morgan fingerprint density at radius 2 is 1.92 bits per heavy atom. The van der Waals surface area contributed by atoms with Gasteiger partial charge in [0.15, 0.2) is 0 Å². The molecule has 1 saturated heterocycles. The van der Waals surface area contributed by atoms with Gasteiger partial charge in [0.1, 0.15) is 15.8 Å². The van der Waals surface area contributed by atoms with Crippen LogP contribution in [0.3, 0.4) is 0 Å². The molecule has 0 atom stereocenters. The Morgan fingerprint density at radius 1 is 1.12 bits per heavy atom. The number of para-hydroxylation sites is 1. The van der Waals surface area contributed by atoms with Gasteiger partial charge in [-0.25, -0.2) is 0 Å². The molecule has 0 unspecified atom stereocenters. The van der Waals surface area contributed by atoms with Crippen molar-refractivity contribution in [3.8, 4) is 11.5 Å². The summed E-state index contributed by atoms with van der Waals surface area (Å²) in [7, 11) is 0. The highest BCUT2D eigenvalue weighted by Crippen LogP contribution is 2.27. The summed E-state index contributed by atoms with van der Waals surface area (Å²) in [4.78, 5) is 12.3. The zero-order valence-corrected chi connectivity index (χ0v) is 16.1. The number of hydrogen-bond donors (Lipinski definition) is 1. The van der Waals surface area contributed by atoms with E-state index in [4.69, 9.17) is 33.3 Å². The van der Waals surface area contributed by atoms with Gasteiger partial charge in [-0.2, -0.15) is 0 Å². The van der Waals surface area contributed by atoms with Crippen LogP contribution in [0.4, 0.5) is 0 Å². The molecule has 1 fully saturated rings. The largest absolute Gasteiger partial charge is 0.493 e. The predicted octanol–water partition coefficient (Wildman–Crippen LogP) is 4.68. The number of carbonyl (C=O) groups excluding carboxylic acids is 1. The maximum atomic E-state index is 11.7. The average Bonchev–Trinajstić information content (AvgIpc) is 2.94. The number of nitrogens with one attached hydrogen (secondary N) is 1. The lowest BCUT2D eigenvalue weighted by Crippen LogP contribution is -2.17. The summed E-state index contributed by atoms with van der Waals surface area (Å²) < 4.78 is 11.9. The van der Waals surface area contributed by atoms with E-state index in [0.717, 1.165) is 17.7 Å². The molecule has 0 spiro atoms. The minimum Gasteiger partial charge on any atom is -0.493 e. The Morgan fingerprint density at radius 3 is 2.69 bits per heavy atom. The van der Waals surface area contributed by atoms with E-state index in [1.54, 1.807) is 12.1 Å². The molecule has 134 valence electrons. The average molecular weight is 406 g/mol. The maximum Gasteiger partial charge on any atom is 0.263 e. The first-order valence-electron chi connectivity index (χ1n) is 7.97. The van der Waals surface area contributed by atoms with Crippen LogP contribution in [-0.2, 0) is 4.79 Å². The van der Waals surface area contributed by atoms with Gasteiger partial charge in [0.25, 0.3) is 5.91 Å². The molecule has 0 bridgehead atoms. The van der Waals surface area contributed by atoms with Crippen LogP contribution < -0.4 is 14.8 Å². The van der Waals surface area contributed by atoms with Gasteiger partial charge in [0.05, 0.1) is 23.1 Å². The SMILES string of the molecule is O=C1NC(=S)S/C1=C\c1cccc(OCCCOc2ccccc2Cl)c1. The molecule has 1 amide bonds. The van der Waals surface area contributed by atoms with E-state index in [-0.39, 0.29) is 5.91 Å². The molecule has 1 heterocycles. The summed E-state index contributed by atoms with van der Waals surface area (Å²) in [5.74, 6) is 1.25. The van der Waals surface area contributed by atoms with E-state index in [2.05, 4.69) is 5.32 Å². The molecule has 1 aliphatic rings. The smallest absolute Gasteiger partial charge is 0.263 e. The van der Waals surface area contributed by atoms with Crippen molar-refractivity contribution in [1.82, 2.24) is 5.32 Å². The van der Waals surface area contributed by atoms with Crippen molar-refractivity contribution in [2.24, 2.45) is 0 Å². The standard InChI is InChI=1S/C19H16ClNO3S2/c20-15-7-1-2-8-16(15)24-10-4-9-23-14-6-3-5-13(11-14)12-17-18(22)21-19(25)26-17/h1-3,5-8,11-12H,4,9-10H2,(H,21,22,25)/b17-12-. The fourth-order valence-corrected chi connectivity index (χ4v) is 3.49. The second-order valence-electron chi connectivity index (χ2n) is 5.41. The quantitative estimate of drug-likeness (QED) is 0.412. The zero-order valence-electron chi connectivity index (χ0n) is 13.7. The lowest BCUT2D eigenvalue weighted by atomic mass is 10.2. The van der Waals surface area contributed by atoms with Gasteiger partial charge in [-0.15, -0.1) is 0 Å². The van der Waals surface area contributed by atoms with Crippen LogP contribution in [0.2, 0.25) is 5.02 Å². The number of ether oxygens (including phenoxy) is 2. The van der Waals surface area contributed by atoms with E-state index in [0.29, 0.717) is 33.2 Å². The lowest BCUT2D eigenvalue weighted by molar-refractivity contribution is -0.115. The van der Waals surface area contributed by atoms with Gasteiger partial charge in [-0.05, 0) is 35.9 Å². The Kier molecular flexibility index (Phi) is 6.55. The van der Waals surface area contributed by atoms with E-state index >= 15 is 0 Å². The second-order valence-corrected chi connectivity index (χ2v) is 7.53. The molecule has 26 heavy (non-hydrogen) atoms. The van der Waals surface area contributed by atoms with Crippen molar-refractivity contribution < 1.29 is 14.3 Å². The number of thioether (sulfide) groups is 1. The molecule has 0 aliphatic carbocycles. The van der Waals surface area contributed by atoms with Crippen LogP contribution in [-0.4, -0.2) is 23.4 Å². The summed E-state index contributed by atoms with van der Waals surface area (Å²) in [6.45, 7) is 1.03. The van der Waals surface area contributed by atoms with Gasteiger partial charge >= 0.3 is 0 Å². The third-order valence-electron chi connectivity index (χ3n) is 3.45. The first-order valence-corrected chi connectivity index (χ1v) is 9.57. The molecule has 2 aromatic carbocycles. The molecule has 1 N–H and O–H groups in total. The lowest BCUT2D eigenvalue weighted by Gasteiger charge is -2.09. The monoisotopic (exact) mass is 405 g/mol. The summed E-state index contributed by atoms with van der Waals surface area (Å²) in [5.41, 5.74) is 0.886. The number of hydrogen-bond acceptors (Lipinski definition) is 5. The molecule has 4 nitrogen and oxygen atoms in total. The Hall–Kier alpha value is -2.02. The maximum absolute atomic E-state index is 11.7. The fraction of sp³-hybridized carbons (Fsp3) is 0.158. The molecule has 0 saturated carbocycles. The van der Waals surface area contributed by atoms with Crippen molar-refractivity contribution in [2.75, 3.05) is 13.2 Å². The number of amides is 1. The molecule has 1 aliphatic heterocycles. The summed E-state index contributed by atoms with van der Waals surface area (Å²) in [6, 6.07) is 14.9. The van der Waals surface area contributed by atoms with E-state index in [1.807, 2.05) is 42.5 Å². The first-order chi connectivity index (χ1) is 12.6. The Balaban J connectivity index is 1.48. The van der Waals surface area contributed by atoms with Gasteiger partial charge in [0, 0.05) is 6.42 Å². The fourth-order valence-electron chi connectivity index (χ4n) is 2.26. The summed E-state index contributed by atoms with van der Waals surface area (Å²) in [6.07, 6.45) is 2.52. The van der Waals surface area contributed by atoms with Crippen molar-refractivity contribution in [3.63, 3.8) is 0 Å². The molecule has 7 heteroatoms. The highest BCUT2D eigenvalue weighted by molar-refractivity contribution is 8.26. The third kappa shape index (κ3) is 5.24. The number of halogens is 1. The molecule has 0 radical (unpaired) electrons. The second kappa shape index (κ2) is 9.07. The van der Waals surface area contributed by atoms with Crippen LogP contribution in [0, 0.1) is 0 Å². The van der Waals surface area contributed by atoms with Crippen LogP contribution in [0.1, 0.15) is 12.0 Å². The third-order valence-corrected chi connectivity index (χ3v) is 4.92. The molecular weight excluding hydrogens is 390 g/mol. The van der Waals surface area contributed by atoms with Crippen molar-refractivity contribution >= 4 is 51.9 Å². The topological polar surface area (TPSA) is 47.6 Å². The van der Waals surface area contributed by atoms with Crippen LogP contribution in [0.15, 0.2) is 53.4 Å². The van der Waals surface area contributed by atoms with E-state index < -0.39 is 0 Å². The van der Waals surface area contributed by atoms with E-state index in [1.165, 1.54) is 11.8 Å². The molecule has 3 rings (SSSR count). The number of carbonyl (C=O) groups is 1. The van der Waals surface area contributed by atoms with Gasteiger partial charge in [0.2, 0.25) is 0 Å².